The molecule has 2 N–H and O–H groups in total. The van der Waals surface area contributed by atoms with Crippen LogP contribution in [0.15, 0.2) is 18.2 Å². The molecule has 0 aromatic heterocycles. The summed E-state index contributed by atoms with van der Waals surface area (Å²) in [6.45, 7) is 4.69. The Morgan fingerprint density at radius 3 is 2.95 bits per heavy atom. The van der Waals surface area contributed by atoms with Crippen molar-refractivity contribution in [3.63, 3.8) is 0 Å². The van der Waals surface area contributed by atoms with E-state index in [2.05, 4.69) is 18.2 Å². The molecule has 0 fully saturated rings. The fourth-order valence-electron chi connectivity index (χ4n) is 2.83. The van der Waals surface area contributed by atoms with Crippen molar-refractivity contribution in [3.8, 4) is 11.8 Å². The van der Waals surface area contributed by atoms with Gasteiger partial charge in [-0.05, 0) is 75.6 Å². The third-order valence-corrected chi connectivity index (χ3v) is 4.24. The van der Waals surface area contributed by atoms with E-state index in [1.807, 2.05) is 19.9 Å². The molecule has 21 heavy (non-hydrogen) atoms. The Morgan fingerprint density at radius 2 is 2.19 bits per heavy atom. The highest BCUT2D eigenvalue weighted by atomic mass is 16.5. The second-order valence-corrected chi connectivity index (χ2v) is 6.66. The lowest BCUT2D eigenvalue weighted by Crippen LogP contribution is -2.17. The molecule has 3 heteroatoms. The third-order valence-electron chi connectivity index (χ3n) is 4.24. The van der Waals surface area contributed by atoms with Gasteiger partial charge in [0.1, 0.15) is 5.75 Å². The van der Waals surface area contributed by atoms with Crippen molar-refractivity contribution in [2.75, 3.05) is 6.61 Å². The summed E-state index contributed by atoms with van der Waals surface area (Å²) >= 11 is 0. The van der Waals surface area contributed by atoms with Gasteiger partial charge in [0, 0.05) is 6.04 Å². The van der Waals surface area contributed by atoms with E-state index in [1.54, 1.807) is 0 Å². The van der Waals surface area contributed by atoms with Gasteiger partial charge in [0.05, 0.1) is 18.1 Å². The number of nitrogens with two attached hydrogens (primary N) is 1. The standard InChI is InChI=1S/C18H26N2O/c1-18(2,13-19)10-3-4-11-21-15-8-9-16-14(12-15)6-5-7-17(16)20/h8-9,12,17H,3-7,10-11,20H2,1-2H3. The van der Waals surface area contributed by atoms with Crippen LogP contribution in [0.25, 0.3) is 0 Å². The molecule has 1 atom stereocenters. The maximum Gasteiger partial charge on any atom is 0.119 e. The summed E-state index contributed by atoms with van der Waals surface area (Å²) in [4.78, 5) is 0. The number of rotatable bonds is 6. The van der Waals surface area contributed by atoms with Crippen molar-refractivity contribution in [1.29, 1.82) is 5.26 Å². The first-order valence-electron chi connectivity index (χ1n) is 7.94. The summed E-state index contributed by atoms with van der Waals surface area (Å²) < 4.78 is 5.83. The van der Waals surface area contributed by atoms with Crippen molar-refractivity contribution in [1.82, 2.24) is 0 Å². The second kappa shape index (κ2) is 6.95. The fraction of sp³-hybridized carbons (Fsp3) is 0.611. The first kappa shape index (κ1) is 15.9. The van der Waals surface area contributed by atoms with E-state index in [0.717, 1.165) is 37.9 Å². The number of fused-ring (bicyclic) bond motifs is 1. The summed E-state index contributed by atoms with van der Waals surface area (Å²) in [6.07, 6.45) is 6.29. The zero-order valence-electron chi connectivity index (χ0n) is 13.2. The summed E-state index contributed by atoms with van der Waals surface area (Å²) in [5.74, 6) is 0.947. The lowest BCUT2D eigenvalue weighted by Gasteiger charge is -2.22. The minimum absolute atomic E-state index is 0.191. The molecule has 0 saturated heterocycles. The zero-order valence-corrected chi connectivity index (χ0v) is 13.2. The van der Waals surface area contributed by atoms with E-state index >= 15 is 0 Å². The quantitative estimate of drug-likeness (QED) is 0.800. The van der Waals surface area contributed by atoms with Gasteiger partial charge < -0.3 is 10.5 Å². The van der Waals surface area contributed by atoms with Gasteiger partial charge in [-0.15, -0.1) is 0 Å². The van der Waals surface area contributed by atoms with E-state index in [4.69, 9.17) is 15.7 Å². The van der Waals surface area contributed by atoms with Crippen LogP contribution < -0.4 is 10.5 Å². The Hall–Kier alpha value is -1.53. The van der Waals surface area contributed by atoms with Crippen molar-refractivity contribution in [3.05, 3.63) is 29.3 Å². The largest absolute Gasteiger partial charge is 0.494 e. The number of ether oxygens (including phenoxy) is 1. The molecular formula is C18H26N2O. The first-order chi connectivity index (χ1) is 10.0. The number of hydrogen-bond acceptors (Lipinski definition) is 3. The Morgan fingerprint density at radius 1 is 1.38 bits per heavy atom. The first-order valence-corrected chi connectivity index (χ1v) is 7.94. The maximum absolute atomic E-state index is 8.97. The average molecular weight is 286 g/mol. The normalized spacial score (nSPS) is 17.9. The average Bonchev–Trinajstić information content (AvgIpc) is 2.47. The van der Waals surface area contributed by atoms with Crippen LogP contribution in [-0.2, 0) is 6.42 Å². The lowest BCUT2D eigenvalue weighted by molar-refractivity contribution is 0.294. The Balaban J connectivity index is 1.78. The van der Waals surface area contributed by atoms with Crippen molar-refractivity contribution < 1.29 is 4.74 Å². The molecule has 1 aromatic rings. The molecule has 0 aliphatic heterocycles. The van der Waals surface area contributed by atoms with E-state index in [9.17, 15) is 0 Å². The van der Waals surface area contributed by atoms with Crippen LogP contribution in [0.2, 0.25) is 0 Å². The molecule has 1 aliphatic carbocycles. The molecule has 0 heterocycles. The van der Waals surface area contributed by atoms with Gasteiger partial charge in [0.25, 0.3) is 0 Å². The minimum Gasteiger partial charge on any atom is -0.494 e. The number of hydrogen-bond donors (Lipinski definition) is 1. The summed E-state index contributed by atoms with van der Waals surface area (Å²) in [7, 11) is 0. The van der Waals surface area contributed by atoms with Crippen LogP contribution >= 0.6 is 0 Å². The predicted molar refractivity (Wildman–Crippen MR) is 85.0 cm³/mol. The van der Waals surface area contributed by atoms with Crippen molar-refractivity contribution in [2.45, 2.75) is 58.4 Å². The molecule has 0 bridgehead atoms. The van der Waals surface area contributed by atoms with Gasteiger partial charge in [-0.25, -0.2) is 0 Å². The van der Waals surface area contributed by atoms with E-state index < -0.39 is 0 Å². The molecule has 114 valence electrons. The summed E-state index contributed by atoms with van der Waals surface area (Å²) in [5, 5.41) is 8.97. The van der Waals surface area contributed by atoms with E-state index in [-0.39, 0.29) is 11.5 Å². The molecule has 2 rings (SSSR count). The van der Waals surface area contributed by atoms with E-state index in [0.29, 0.717) is 6.61 Å². The summed E-state index contributed by atoms with van der Waals surface area (Å²) in [6, 6.07) is 8.82. The molecule has 0 saturated carbocycles. The fourth-order valence-corrected chi connectivity index (χ4v) is 2.83. The van der Waals surface area contributed by atoms with Crippen LogP contribution in [0, 0.1) is 16.7 Å². The molecular weight excluding hydrogens is 260 g/mol. The van der Waals surface area contributed by atoms with Crippen LogP contribution in [-0.4, -0.2) is 6.61 Å². The molecule has 1 unspecified atom stereocenters. The van der Waals surface area contributed by atoms with Crippen molar-refractivity contribution >= 4 is 0 Å². The molecule has 1 aliphatic rings. The molecule has 3 nitrogen and oxygen atoms in total. The highest BCUT2D eigenvalue weighted by Gasteiger charge is 2.17. The molecule has 1 aromatic carbocycles. The highest BCUT2D eigenvalue weighted by molar-refractivity contribution is 5.38. The highest BCUT2D eigenvalue weighted by Crippen LogP contribution is 2.30. The topological polar surface area (TPSA) is 59.0 Å². The molecule has 0 amide bonds. The van der Waals surface area contributed by atoms with Gasteiger partial charge >= 0.3 is 0 Å². The SMILES string of the molecule is CC(C)(C#N)CCCCOc1ccc2c(c1)CCCC2N. The number of unbranched alkanes of at least 4 members (excludes halogenated alkanes) is 1. The zero-order chi connectivity index (χ0) is 15.3. The maximum atomic E-state index is 8.97. The number of nitrogens with zero attached hydrogens (tertiary/aromatic N) is 1. The van der Waals surface area contributed by atoms with Gasteiger partial charge in [0.2, 0.25) is 0 Å². The van der Waals surface area contributed by atoms with Crippen LogP contribution in [0.3, 0.4) is 0 Å². The second-order valence-electron chi connectivity index (χ2n) is 6.66. The minimum atomic E-state index is -0.220. The Labute approximate surface area is 128 Å². The molecule has 0 radical (unpaired) electrons. The predicted octanol–water partition coefficient (Wildman–Crippen LogP) is 4.12. The van der Waals surface area contributed by atoms with Gasteiger partial charge in [-0.2, -0.15) is 5.26 Å². The van der Waals surface area contributed by atoms with Crippen LogP contribution in [0.5, 0.6) is 5.75 Å². The van der Waals surface area contributed by atoms with Gasteiger partial charge in [0.15, 0.2) is 0 Å². The number of aryl methyl sites for hydroxylation is 1. The lowest BCUT2D eigenvalue weighted by atomic mass is 9.88. The van der Waals surface area contributed by atoms with E-state index in [1.165, 1.54) is 17.5 Å². The monoisotopic (exact) mass is 286 g/mol. The van der Waals surface area contributed by atoms with Crippen molar-refractivity contribution in [2.24, 2.45) is 11.1 Å². The van der Waals surface area contributed by atoms with Crippen LogP contribution in [0.1, 0.15) is 63.1 Å². The summed E-state index contributed by atoms with van der Waals surface area (Å²) in [5.41, 5.74) is 8.53. The number of benzene rings is 1. The smallest absolute Gasteiger partial charge is 0.119 e. The van der Waals surface area contributed by atoms with Crippen LogP contribution in [0.4, 0.5) is 0 Å². The molecule has 0 spiro atoms. The Kier molecular flexibility index (Phi) is 5.25. The van der Waals surface area contributed by atoms with Gasteiger partial charge in [-0.1, -0.05) is 6.07 Å². The number of nitriles is 1. The Bertz CT molecular complexity index is 516. The third kappa shape index (κ3) is 4.47. The van der Waals surface area contributed by atoms with Gasteiger partial charge in [-0.3, -0.25) is 0 Å².